The van der Waals surface area contributed by atoms with Crippen LogP contribution in [0, 0.1) is 6.92 Å². The van der Waals surface area contributed by atoms with Crippen LogP contribution in [-0.4, -0.2) is 14.8 Å². The first-order valence-electron chi connectivity index (χ1n) is 8.07. The van der Waals surface area contributed by atoms with Gasteiger partial charge in [0.05, 0.1) is 10.6 Å². The van der Waals surface area contributed by atoms with E-state index in [-0.39, 0.29) is 0 Å². The zero-order chi connectivity index (χ0) is 14.4. The summed E-state index contributed by atoms with van der Waals surface area (Å²) < 4.78 is 2.36. The van der Waals surface area contributed by atoms with Crippen LogP contribution in [0.3, 0.4) is 0 Å². The molecule has 5 heteroatoms. The van der Waals surface area contributed by atoms with Crippen LogP contribution in [0.4, 0.5) is 5.00 Å². The van der Waals surface area contributed by atoms with Crippen LogP contribution in [0.1, 0.15) is 60.8 Å². The largest absolute Gasteiger partial charge is 0.390 e. The van der Waals surface area contributed by atoms with E-state index in [2.05, 4.69) is 21.7 Å². The Balaban J connectivity index is 1.86. The average molecular weight is 302 g/mol. The van der Waals surface area contributed by atoms with Gasteiger partial charge in [-0.15, -0.1) is 21.5 Å². The van der Waals surface area contributed by atoms with Crippen molar-refractivity contribution in [3.05, 3.63) is 16.3 Å². The van der Waals surface area contributed by atoms with Crippen molar-refractivity contribution >= 4 is 16.3 Å². The van der Waals surface area contributed by atoms with Crippen molar-refractivity contribution in [2.45, 2.75) is 64.3 Å². The Labute approximate surface area is 129 Å². The molecule has 2 aromatic rings. The second-order valence-electron chi connectivity index (χ2n) is 6.33. The molecule has 1 fully saturated rings. The van der Waals surface area contributed by atoms with E-state index in [9.17, 15) is 0 Å². The Morgan fingerprint density at radius 2 is 1.86 bits per heavy atom. The lowest BCUT2D eigenvalue weighted by atomic mass is 9.95. The minimum absolute atomic E-state index is 0.563. The van der Waals surface area contributed by atoms with E-state index in [0.29, 0.717) is 6.04 Å². The van der Waals surface area contributed by atoms with Gasteiger partial charge in [0.2, 0.25) is 0 Å². The first-order valence-corrected chi connectivity index (χ1v) is 8.89. The molecule has 0 unspecified atom stereocenters. The number of anilines is 1. The van der Waals surface area contributed by atoms with E-state index in [1.54, 1.807) is 11.3 Å². The van der Waals surface area contributed by atoms with E-state index in [1.165, 1.54) is 60.9 Å². The molecule has 2 N–H and O–H groups in total. The number of hydrogen-bond donors (Lipinski definition) is 1. The maximum Gasteiger partial charge on any atom is 0.167 e. The Morgan fingerprint density at radius 3 is 2.67 bits per heavy atom. The summed E-state index contributed by atoms with van der Waals surface area (Å²) in [5.41, 5.74) is 9.02. The highest BCUT2D eigenvalue weighted by molar-refractivity contribution is 7.16. The molecule has 2 aliphatic carbocycles. The number of rotatable bonds is 2. The number of fused-ring (bicyclic) bond motifs is 1. The monoisotopic (exact) mass is 302 g/mol. The molecule has 2 aliphatic rings. The summed E-state index contributed by atoms with van der Waals surface area (Å²) in [5, 5.41) is 9.82. The molecule has 2 heterocycles. The summed E-state index contributed by atoms with van der Waals surface area (Å²) in [6.07, 6.45) is 10.0. The second-order valence-corrected chi connectivity index (χ2v) is 7.47. The van der Waals surface area contributed by atoms with Crippen LogP contribution in [0.25, 0.3) is 11.4 Å². The topological polar surface area (TPSA) is 56.7 Å². The van der Waals surface area contributed by atoms with Gasteiger partial charge in [0.25, 0.3) is 0 Å². The molecule has 0 atom stereocenters. The molecule has 4 nitrogen and oxygen atoms in total. The number of thiophene rings is 1. The van der Waals surface area contributed by atoms with Crippen molar-refractivity contribution in [1.29, 1.82) is 0 Å². The zero-order valence-electron chi connectivity index (χ0n) is 12.6. The lowest BCUT2D eigenvalue weighted by Gasteiger charge is -2.17. The Morgan fingerprint density at radius 1 is 1.10 bits per heavy atom. The summed E-state index contributed by atoms with van der Waals surface area (Å²) in [4.78, 5) is 1.48. The van der Waals surface area contributed by atoms with E-state index in [4.69, 9.17) is 5.73 Å². The van der Waals surface area contributed by atoms with Gasteiger partial charge in [-0.3, -0.25) is 0 Å². The molecule has 0 amide bonds. The predicted octanol–water partition coefficient (Wildman–Crippen LogP) is 3.89. The summed E-state index contributed by atoms with van der Waals surface area (Å²) >= 11 is 1.77. The summed E-state index contributed by atoms with van der Waals surface area (Å²) in [6, 6.07) is 0.563. The maximum absolute atomic E-state index is 6.37. The molecular weight excluding hydrogens is 280 g/mol. The fraction of sp³-hybridized carbons (Fsp3) is 0.625. The Hall–Kier alpha value is -1.36. The lowest BCUT2D eigenvalue weighted by molar-refractivity contribution is 0.510. The van der Waals surface area contributed by atoms with Crippen molar-refractivity contribution in [1.82, 2.24) is 14.8 Å². The fourth-order valence-electron chi connectivity index (χ4n) is 3.97. The first-order chi connectivity index (χ1) is 10.3. The molecule has 0 radical (unpaired) electrons. The lowest BCUT2D eigenvalue weighted by Crippen LogP contribution is -2.10. The number of hydrogen-bond acceptors (Lipinski definition) is 4. The van der Waals surface area contributed by atoms with Gasteiger partial charge in [-0.2, -0.15) is 0 Å². The molecule has 0 bridgehead atoms. The first kappa shape index (κ1) is 13.3. The van der Waals surface area contributed by atoms with Crippen molar-refractivity contribution in [2.24, 2.45) is 0 Å². The van der Waals surface area contributed by atoms with Crippen LogP contribution in [0.5, 0.6) is 0 Å². The summed E-state index contributed by atoms with van der Waals surface area (Å²) in [7, 11) is 0. The molecule has 0 saturated heterocycles. The Bertz CT molecular complexity index is 664. The summed E-state index contributed by atoms with van der Waals surface area (Å²) in [5.74, 6) is 2.06. The van der Waals surface area contributed by atoms with E-state index in [1.807, 2.05) is 0 Å². The van der Waals surface area contributed by atoms with Crippen molar-refractivity contribution < 1.29 is 0 Å². The molecular formula is C16H22N4S. The van der Waals surface area contributed by atoms with E-state index in [0.717, 1.165) is 23.1 Å². The molecule has 21 heavy (non-hydrogen) atoms. The van der Waals surface area contributed by atoms with Crippen LogP contribution < -0.4 is 5.73 Å². The van der Waals surface area contributed by atoms with Crippen LogP contribution in [-0.2, 0) is 12.8 Å². The molecule has 0 aromatic carbocycles. The number of aryl methyl sites for hydroxylation is 2. The molecule has 4 rings (SSSR count). The zero-order valence-corrected chi connectivity index (χ0v) is 13.4. The number of nitrogen functional groups attached to an aromatic ring is 1. The van der Waals surface area contributed by atoms with Crippen molar-refractivity contribution in [2.75, 3.05) is 5.73 Å². The van der Waals surface area contributed by atoms with Gasteiger partial charge in [-0.25, -0.2) is 0 Å². The normalized spacial score (nSPS) is 19.1. The van der Waals surface area contributed by atoms with Gasteiger partial charge in [-0.1, -0.05) is 12.8 Å². The highest BCUT2D eigenvalue weighted by atomic mass is 32.1. The number of nitrogens with zero attached hydrogens (tertiary/aromatic N) is 3. The molecule has 112 valence electrons. The van der Waals surface area contributed by atoms with E-state index < -0.39 is 0 Å². The number of aromatic nitrogens is 3. The highest BCUT2D eigenvalue weighted by Crippen LogP contribution is 2.43. The van der Waals surface area contributed by atoms with Crippen molar-refractivity contribution in [3.8, 4) is 11.4 Å². The maximum atomic E-state index is 6.37. The van der Waals surface area contributed by atoms with Gasteiger partial charge in [0.1, 0.15) is 5.82 Å². The van der Waals surface area contributed by atoms with Crippen LogP contribution in [0.2, 0.25) is 0 Å². The second kappa shape index (κ2) is 5.13. The standard InChI is InChI=1S/C16H22N4S/c1-10-18-19-16(20(10)11-6-2-3-7-11)14-12-8-4-5-9-13(12)21-15(14)17/h11H,2-9,17H2,1H3. The van der Waals surface area contributed by atoms with Crippen LogP contribution >= 0.6 is 11.3 Å². The summed E-state index contributed by atoms with van der Waals surface area (Å²) in [6.45, 7) is 2.07. The van der Waals surface area contributed by atoms with Gasteiger partial charge in [-0.05, 0) is 51.0 Å². The predicted molar refractivity (Wildman–Crippen MR) is 86.6 cm³/mol. The molecule has 0 aliphatic heterocycles. The molecule has 1 saturated carbocycles. The SMILES string of the molecule is Cc1nnc(-c2c(N)sc3c2CCCC3)n1C1CCCC1. The van der Waals surface area contributed by atoms with Crippen LogP contribution in [0.15, 0.2) is 0 Å². The molecule has 2 aromatic heterocycles. The van der Waals surface area contributed by atoms with Gasteiger partial charge >= 0.3 is 0 Å². The minimum atomic E-state index is 0.563. The fourth-order valence-corrected chi connectivity index (χ4v) is 5.13. The quantitative estimate of drug-likeness (QED) is 0.915. The smallest absolute Gasteiger partial charge is 0.167 e. The van der Waals surface area contributed by atoms with Gasteiger partial charge < -0.3 is 10.3 Å². The molecule has 0 spiro atoms. The third kappa shape index (κ3) is 2.09. The Kier molecular flexibility index (Phi) is 3.25. The minimum Gasteiger partial charge on any atom is -0.390 e. The third-order valence-electron chi connectivity index (χ3n) is 4.98. The third-order valence-corrected chi connectivity index (χ3v) is 6.10. The van der Waals surface area contributed by atoms with Gasteiger partial charge in [0, 0.05) is 10.9 Å². The average Bonchev–Trinajstić information content (AvgIpc) is 3.16. The number of nitrogens with two attached hydrogens (primary N) is 1. The highest BCUT2D eigenvalue weighted by Gasteiger charge is 2.28. The van der Waals surface area contributed by atoms with E-state index >= 15 is 0 Å². The van der Waals surface area contributed by atoms with Gasteiger partial charge in [0.15, 0.2) is 5.82 Å². The van der Waals surface area contributed by atoms with Crippen molar-refractivity contribution in [3.63, 3.8) is 0 Å².